The maximum Gasteiger partial charge on any atom is 0.0959 e. The molecule has 0 aromatic carbocycles. The van der Waals surface area contributed by atoms with Crippen molar-refractivity contribution in [3.05, 3.63) is 16.1 Å². The Morgan fingerprint density at radius 3 is 2.93 bits per heavy atom. The van der Waals surface area contributed by atoms with Crippen molar-refractivity contribution in [2.45, 2.75) is 50.9 Å². The molecule has 0 bridgehead atoms. The van der Waals surface area contributed by atoms with Gasteiger partial charge in [-0.2, -0.15) is 0 Å². The fraction of sp³-hybridized carbons (Fsp3) is 0.750. The lowest BCUT2D eigenvalue weighted by molar-refractivity contribution is 0.658. The molecule has 2 rings (SSSR count). The second-order valence-electron chi connectivity index (χ2n) is 4.57. The van der Waals surface area contributed by atoms with Crippen molar-refractivity contribution in [1.29, 1.82) is 0 Å². The maximum atomic E-state index is 5.57. The van der Waals surface area contributed by atoms with Gasteiger partial charge in [0.25, 0.3) is 0 Å². The van der Waals surface area contributed by atoms with Gasteiger partial charge in [-0.25, -0.2) is 4.98 Å². The number of nitrogens with zero attached hydrogens (tertiary/aromatic N) is 1. The highest BCUT2D eigenvalue weighted by molar-refractivity contribution is 7.09. The standard InChI is InChI=1S/C12H20N2S/c1-9(6-7-13)11-8-15-12(14-11)10-4-2-3-5-10/h8-10H,2-7,13H2,1H3. The summed E-state index contributed by atoms with van der Waals surface area (Å²) in [4.78, 5) is 4.77. The Balaban J connectivity index is 2.02. The van der Waals surface area contributed by atoms with Crippen LogP contribution < -0.4 is 5.73 Å². The summed E-state index contributed by atoms with van der Waals surface area (Å²) in [6.45, 7) is 2.98. The minimum atomic E-state index is 0.529. The monoisotopic (exact) mass is 224 g/mol. The largest absolute Gasteiger partial charge is 0.330 e. The van der Waals surface area contributed by atoms with Crippen molar-refractivity contribution in [3.63, 3.8) is 0 Å². The van der Waals surface area contributed by atoms with Crippen LogP contribution >= 0.6 is 11.3 Å². The topological polar surface area (TPSA) is 38.9 Å². The van der Waals surface area contributed by atoms with Gasteiger partial charge in [0.05, 0.1) is 10.7 Å². The molecule has 3 heteroatoms. The third-order valence-corrected chi connectivity index (χ3v) is 4.37. The van der Waals surface area contributed by atoms with Crippen LogP contribution in [0.25, 0.3) is 0 Å². The zero-order valence-electron chi connectivity index (χ0n) is 9.41. The first-order valence-corrected chi connectivity index (χ1v) is 6.84. The summed E-state index contributed by atoms with van der Waals surface area (Å²) in [6.07, 6.45) is 6.51. The van der Waals surface area contributed by atoms with Gasteiger partial charge >= 0.3 is 0 Å². The van der Waals surface area contributed by atoms with Gasteiger partial charge in [0.1, 0.15) is 0 Å². The van der Waals surface area contributed by atoms with E-state index in [1.165, 1.54) is 36.4 Å². The highest BCUT2D eigenvalue weighted by atomic mass is 32.1. The van der Waals surface area contributed by atoms with E-state index in [0.717, 1.165) is 18.9 Å². The SMILES string of the molecule is CC(CCN)c1csc(C2CCCC2)n1. The summed E-state index contributed by atoms with van der Waals surface area (Å²) in [7, 11) is 0. The Labute approximate surface area is 95.9 Å². The molecular weight excluding hydrogens is 204 g/mol. The molecule has 0 saturated heterocycles. The number of aromatic nitrogens is 1. The average molecular weight is 224 g/mol. The van der Waals surface area contributed by atoms with Crippen LogP contribution in [0.4, 0.5) is 0 Å². The lowest BCUT2D eigenvalue weighted by Crippen LogP contribution is -2.05. The molecule has 1 aliphatic carbocycles. The Morgan fingerprint density at radius 1 is 1.53 bits per heavy atom. The van der Waals surface area contributed by atoms with Crippen molar-refractivity contribution < 1.29 is 0 Å². The summed E-state index contributed by atoms with van der Waals surface area (Å²) in [5, 5.41) is 3.60. The second-order valence-corrected chi connectivity index (χ2v) is 5.46. The third kappa shape index (κ3) is 2.58. The number of hydrogen-bond acceptors (Lipinski definition) is 3. The fourth-order valence-corrected chi connectivity index (χ4v) is 3.40. The van der Waals surface area contributed by atoms with Gasteiger partial charge in [-0.3, -0.25) is 0 Å². The Kier molecular flexibility index (Phi) is 3.76. The van der Waals surface area contributed by atoms with Crippen LogP contribution in [0.15, 0.2) is 5.38 Å². The average Bonchev–Trinajstić information content (AvgIpc) is 2.89. The first kappa shape index (κ1) is 11.1. The van der Waals surface area contributed by atoms with E-state index >= 15 is 0 Å². The predicted octanol–water partition coefficient (Wildman–Crippen LogP) is 3.25. The molecule has 2 N–H and O–H groups in total. The van der Waals surface area contributed by atoms with Crippen molar-refractivity contribution in [3.8, 4) is 0 Å². The quantitative estimate of drug-likeness (QED) is 0.852. The van der Waals surface area contributed by atoms with Crippen molar-refractivity contribution in [2.75, 3.05) is 6.54 Å². The summed E-state index contributed by atoms with van der Waals surface area (Å²) >= 11 is 1.85. The number of hydrogen-bond donors (Lipinski definition) is 1. The zero-order chi connectivity index (χ0) is 10.7. The fourth-order valence-electron chi connectivity index (χ4n) is 2.29. The van der Waals surface area contributed by atoms with Crippen molar-refractivity contribution in [2.24, 2.45) is 5.73 Å². The predicted molar refractivity (Wildman–Crippen MR) is 65.4 cm³/mol. The summed E-state index contributed by atoms with van der Waals surface area (Å²) in [5.41, 5.74) is 6.83. The van der Waals surface area contributed by atoms with E-state index in [1.807, 2.05) is 11.3 Å². The van der Waals surface area contributed by atoms with Crippen LogP contribution in [0.3, 0.4) is 0 Å². The minimum absolute atomic E-state index is 0.529. The van der Waals surface area contributed by atoms with Crippen LogP contribution in [-0.2, 0) is 0 Å². The molecule has 1 aromatic rings. The lowest BCUT2D eigenvalue weighted by atomic mass is 10.1. The molecule has 1 heterocycles. The van der Waals surface area contributed by atoms with Gasteiger partial charge in [-0.1, -0.05) is 19.8 Å². The highest BCUT2D eigenvalue weighted by Crippen LogP contribution is 2.36. The summed E-state index contributed by atoms with van der Waals surface area (Å²) in [5.74, 6) is 1.29. The Hall–Kier alpha value is -0.410. The van der Waals surface area contributed by atoms with Gasteiger partial charge in [-0.05, 0) is 25.8 Å². The normalized spacial score (nSPS) is 19.6. The molecule has 2 nitrogen and oxygen atoms in total. The summed E-state index contributed by atoms with van der Waals surface area (Å²) in [6, 6.07) is 0. The van der Waals surface area contributed by atoms with Crippen molar-refractivity contribution in [1.82, 2.24) is 4.98 Å². The minimum Gasteiger partial charge on any atom is -0.330 e. The molecule has 1 atom stereocenters. The van der Waals surface area contributed by atoms with Gasteiger partial charge in [0.15, 0.2) is 0 Å². The molecule has 84 valence electrons. The molecule has 0 aliphatic heterocycles. The molecular formula is C12H20N2S. The molecule has 1 fully saturated rings. The van der Waals surface area contributed by atoms with Gasteiger partial charge < -0.3 is 5.73 Å². The first-order chi connectivity index (χ1) is 7.31. The van der Waals surface area contributed by atoms with Crippen LogP contribution in [-0.4, -0.2) is 11.5 Å². The van der Waals surface area contributed by atoms with E-state index in [-0.39, 0.29) is 0 Å². The number of rotatable bonds is 4. The molecule has 1 aliphatic rings. The van der Waals surface area contributed by atoms with Crippen LogP contribution in [0.2, 0.25) is 0 Å². The van der Waals surface area contributed by atoms with E-state index in [4.69, 9.17) is 10.7 Å². The van der Waals surface area contributed by atoms with Crippen molar-refractivity contribution >= 4 is 11.3 Å². The van der Waals surface area contributed by atoms with E-state index in [2.05, 4.69) is 12.3 Å². The maximum absolute atomic E-state index is 5.57. The van der Waals surface area contributed by atoms with Gasteiger partial charge in [0, 0.05) is 17.2 Å². The van der Waals surface area contributed by atoms with Gasteiger partial charge in [-0.15, -0.1) is 11.3 Å². The second kappa shape index (κ2) is 5.08. The van der Waals surface area contributed by atoms with E-state index in [1.54, 1.807) is 0 Å². The lowest BCUT2D eigenvalue weighted by Gasteiger charge is -2.06. The highest BCUT2D eigenvalue weighted by Gasteiger charge is 2.20. The van der Waals surface area contributed by atoms with Crippen LogP contribution in [0.1, 0.15) is 61.6 Å². The van der Waals surface area contributed by atoms with Crippen LogP contribution in [0, 0.1) is 0 Å². The zero-order valence-corrected chi connectivity index (χ0v) is 10.2. The van der Waals surface area contributed by atoms with Crippen LogP contribution in [0.5, 0.6) is 0 Å². The molecule has 1 unspecified atom stereocenters. The third-order valence-electron chi connectivity index (χ3n) is 3.35. The molecule has 15 heavy (non-hydrogen) atoms. The van der Waals surface area contributed by atoms with Gasteiger partial charge in [0.2, 0.25) is 0 Å². The van der Waals surface area contributed by atoms with E-state index in [9.17, 15) is 0 Å². The molecule has 1 saturated carbocycles. The molecule has 1 aromatic heterocycles. The first-order valence-electron chi connectivity index (χ1n) is 5.96. The molecule has 0 spiro atoms. The Morgan fingerprint density at radius 2 is 2.27 bits per heavy atom. The number of thiazole rings is 1. The van der Waals surface area contributed by atoms with E-state index in [0.29, 0.717) is 5.92 Å². The smallest absolute Gasteiger partial charge is 0.0959 e. The molecule has 0 radical (unpaired) electrons. The summed E-state index contributed by atoms with van der Waals surface area (Å²) < 4.78 is 0. The van der Waals surface area contributed by atoms with E-state index < -0.39 is 0 Å². The number of nitrogens with two attached hydrogens (primary N) is 1. The Bertz CT molecular complexity index is 302. The molecule has 0 amide bonds.